The molecule has 0 bridgehead atoms. The molecule has 1 amide bonds. The summed E-state index contributed by atoms with van der Waals surface area (Å²) in [6.07, 6.45) is 0. The number of carbonyl (C=O) groups is 1. The molecule has 1 atom stereocenters. The van der Waals surface area contributed by atoms with Crippen molar-refractivity contribution >= 4 is 17.2 Å². The summed E-state index contributed by atoms with van der Waals surface area (Å²) in [5.74, 6) is 0.000237. The van der Waals surface area contributed by atoms with Gasteiger partial charge in [0.25, 0.3) is 0 Å². The Labute approximate surface area is 112 Å². The predicted molar refractivity (Wildman–Crippen MR) is 76.7 cm³/mol. The second-order valence-corrected chi connectivity index (χ2v) is 5.26. The highest BCUT2D eigenvalue weighted by Gasteiger charge is 2.07. The van der Waals surface area contributed by atoms with Crippen molar-refractivity contribution in [3.63, 3.8) is 0 Å². The Morgan fingerprint density at radius 3 is 2.39 bits per heavy atom. The van der Waals surface area contributed by atoms with Crippen molar-refractivity contribution in [3.05, 3.63) is 46.2 Å². The minimum atomic E-state index is 0.000237. The minimum absolute atomic E-state index is 0.000237. The number of benzene rings is 1. The van der Waals surface area contributed by atoms with Crippen LogP contribution in [0, 0.1) is 6.92 Å². The van der Waals surface area contributed by atoms with Crippen LogP contribution in [-0.4, -0.2) is 5.91 Å². The van der Waals surface area contributed by atoms with Gasteiger partial charge in [-0.05, 0) is 46.9 Å². The molecule has 18 heavy (non-hydrogen) atoms. The first-order valence-corrected chi connectivity index (χ1v) is 6.92. The summed E-state index contributed by atoms with van der Waals surface area (Å²) in [6.45, 7) is 5.66. The molecule has 2 nitrogen and oxygen atoms in total. The van der Waals surface area contributed by atoms with Crippen LogP contribution in [0.1, 0.15) is 31.0 Å². The quantitative estimate of drug-likeness (QED) is 0.889. The zero-order chi connectivity index (χ0) is 13.1. The molecule has 0 aliphatic carbocycles. The standard InChI is InChI=1S/C15H17NOS/c1-10-8-18-9-15(10)14-6-4-13(5-7-14)11(2)16-12(3)17/h4-9,11H,1-3H3,(H,16,17)/t11-/m1/s1. The number of aryl methyl sites for hydroxylation is 1. The van der Waals surface area contributed by atoms with Gasteiger partial charge in [0.15, 0.2) is 0 Å². The zero-order valence-corrected chi connectivity index (χ0v) is 11.7. The second kappa shape index (κ2) is 5.36. The molecule has 0 spiro atoms. The summed E-state index contributed by atoms with van der Waals surface area (Å²) in [5, 5.41) is 7.21. The zero-order valence-electron chi connectivity index (χ0n) is 10.9. The molecule has 3 heteroatoms. The number of rotatable bonds is 3. The highest BCUT2D eigenvalue weighted by molar-refractivity contribution is 7.08. The summed E-state index contributed by atoms with van der Waals surface area (Å²) in [4.78, 5) is 11.0. The van der Waals surface area contributed by atoms with Crippen LogP contribution in [0.4, 0.5) is 0 Å². The smallest absolute Gasteiger partial charge is 0.217 e. The van der Waals surface area contributed by atoms with Crippen molar-refractivity contribution in [2.75, 3.05) is 0 Å². The summed E-state index contributed by atoms with van der Waals surface area (Å²) < 4.78 is 0. The first-order valence-electron chi connectivity index (χ1n) is 5.98. The molecule has 0 saturated carbocycles. The first-order chi connectivity index (χ1) is 8.58. The van der Waals surface area contributed by atoms with Crippen LogP contribution in [-0.2, 0) is 4.79 Å². The van der Waals surface area contributed by atoms with E-state index < -0.39 is 0 Å². The molecule has 1 aromatic heterocycles. The van der Waals surface area contributed by atoms with E-state index in [-0.39, 0.29) is 11.9 Å². The fourth-order valence-electron chi connectivity index (χ4n) is 2.00. The van der Waals surface area contributed by atoms with Gasteiger partial charge in [0.1, 0.15) is 0 Å². The molecule has 0 radical (unpaired) electrons. The van der Waals surface area contributed by atoms with Crippen molar-refractivity contribution in [2.45, 2.75) is 26.8 Å². The molecular weight excluding hydrogens is 242 g/mol. The molecule has 94 valence electrons. The third-order valence-electron chi connectivity index (χ3n) is 3.00. The Morgan fingerprint density at radius 1 is 1.22 bits per heavy atom. The van der Waals surface area contributed by atoms with Crippen molar-refractivity contribution in [3.8, 4) is 11.1 Å². The fraction of sp³-hybridized carbons (Fsp3) is 0.267. The normalized spacial score (nSPS) is 12.2. The van der Waals surface area contributed by atoms with E-state index in [0.29, 0.717) is 0 Å². The van der Waals surface area contributed by atoms with E-state index in [4.69, 9.17) is 0 Å². The number of amides is 1. The molecule has 0 aliphatic heterocycles. The maximum absolute atomic E-state index is 11.0. The van der Waals surface area contributed by atoms with E-state index in [0.717, 1.165) is 5.56 Å². The van der Waals surface area contributed by atoms with Gasteiger partial charge >= 0.3 is 0 Å². The van der Waals surface area contributed by atoms with Crippen molar-refractivity contribution in [2.24, 2.45) is 0 Å². The SMILES string of the molecule is CC(=O)N[C@H](C)c1ccc(-c2cscc2C)cc1. The third-order valence-corrected chi connectivity index (χ3v) is 3.86. The van der Waals surface area contributed by atoms with E-state index in [9.17, 15) is 4.79 Å². The molecule has 1 heterocycles. The molecule has 2 aromatic rings. The Kier molecular flexibility index (Phi) is 3.82. The van der Waals surface area contributed by atoms with Crippen LogP contribution in [0.5, 0.6) is 0 Å². The van der Waals surface area contributed by atoms with E-state index in [1.165, 1.54) is 16.7 Å². The first kappa shape index (κ1) is 12.8. The van der Waals surface area contributed by atoms with Crippen LogP contribution in [0.15, 0.2) is 35.0 Å². The number of nitrogens with one attached hydrogen (secondary N) is 1. The molecule has 0 saturated heterocycles. The molecule has 1 aromatic carbocycles. The number of hydrogen-bond acceptors (Lipinski definition) is 2. The van der Waals surface area contributed by atoms with Crippen LogP contribution in [0.3, 0.4) is 0 Å². The van der Waals surface area contributed by atoms with E-state index in [1.807, 2.05) is 6.92 Å². The van der Waals surface area contributed by atoms with E-state index in [1.54, 1.807) is 18.3 Å². The molecule has 2 rings (SSSR count). The number of carbonyl (C=O) groups excluding carboxylic acids is 1. The van der Waals surface area contributed by atoms with Crippen molar-refractivity contribution in [1.29, 1.82) is 0 Å². The summed E-state index contributed by atoms with van der Waals surface area (Å²) in [7, 11) is 0. The lowest BCUT2D eigenvalue weighted by Crippen LogP contribution is -2.23. The highest BCUT2D eigenvalue weighted by Crippen LogP contribution is 2.27. The van der Waals surface area contributed by atoms with E-state index >= 15 is 0 Å². The van der Waals surface area contributed by atoms with Gasteiger partial charge in [0.05, 0.1) is 6.04 Å². The van der Waals surface area contributed by atoms with Gasteiger partial charge in [-0.25, -0.2) is 0 Å². The lowest BCUT2D eigenvalue weighted by molar-refractivity contribution is -0.119. The lowest BCUT2D eigenvalue weighted by atomic mass is 10.0. The van der Waals surface area contributed by atoms with Crippen LogP contribution in [0.2, 0.25) is 0 Å². The maximum Gasteiger partial charge on any atom is 0.217 e. The molecule has 0 unspecified atom stereocenters. The topological polar surface area (TPSA) is 29.1 Å². The average Bonchev–Trinajstić information content (AvgIpc) is 2.75. The predicted octanol–water partition coefficient (Wildman–Crippen LogP) is 3.92. The van der Waals surface area contributed by atoms with Gasteiger partial charge in [-0.15, -0.1) is 0 Å². The van der Waals surface area contributed by atoms with Gasteiger partial charge in [-0.2, -0.15) is 11.3 Å². The maximum atomic E-state index is 11.0. The monoisotopic (exact) mass is 259 g/mol. The van der Waals surface area contributed by atoms with Gasteiger partial charge in [-0.3, -0.25) is 4.79 Å². The van der Waals surface area contributed by atoms with Gasteiger partial charge < -0.3 is 5.32 Å². The second-order valence-electron chi connectivity index (χ2n) is 4.51. The molecule has 0 fully saturated rings. The Balaban J connectivity index is 2.20. The molecule has 0 aliphatic rings. The van der Waals surface area contributed by atoms with E-state index in [2.05, 4.69) is 47.3 Å². The summed E-state index contributed by atoms with van der Waals surface area (Å²) in [5.41, 5.74) is 4.95. The van der Waals surface area contributed by atoms with Gasteiger partial charge in [0, 0.05) is 6.92 Å². The highest BCUT2D eigenvalue weighted by atomic mass is 32.1. The van der Waals surface area contributed by atoms with Crippen LogP contribution >= 0.6 is 11.3 Å². The Morgan fingerprint density at radius 2 is 1.89 bits per heavy atom. The van der Waals surface area contributed by atoms with Crippen LogP contribution < -0.4 is 5.32 Å². The average molecular weight is 259 g/mol. The summed E-state index contributed by atoms with van der Waals surface area (Å²) in [6, 6.07) is 8.44. The third kappa shape index (κ3) is 2.79. The lowest BCUT2D eigenvalue weighted by Gasteiger charge is -2.13. The van der Waals surface area contributed by atoms with Gasteiger partial charge in [-0.1, -0.05) is 24.3 Å². The Hall–Kier alpha value is -1.61. The van der Waals surface area contributed by atoms with Gasteiger partial charge in [0.2, 0.25) is 5.91 Å². The van der Waals surface area contributed by atoms with Crippen LogP contribution in [0.25, 0.3) is 11.1 Å². The van der Waals surface area contributed by atoms with Crippen molar-refractivity contribution < 1.29 is 4.79 Å². The molecule has 1 N–H and O–H groups in total. The fourth-order valence-corrected chi connectivity index (χ4v) is 2.85. The molecular formula is C15H17NOS. The largest absolute Gasteiger partial charge is 0.350 e. The number of thiophene rings is 1. The summed E-state index contributed by atoms with van der Waals surface area (Å²) >= 11 is 1.72. The minimum Gasteiger partial charge on any atom is -0.350 e. The van der Waals surface area contributed by atoms with Crippen molar-refractivity contribution in [1.82, 2.24) is 5.32 Å². The Bertz CT molecular complexity index is 542. The number of hydrogen-bond donors (Lipinski definition) is 1.